The van der Waals surface area contributed by atoms with Crippen molar-refractivity contribution in [1.82, 2.24) is 0 Å². The largest absolute Gasteiger partial charge is 0.457 e. The topological polar surface area (TPSA) is 33.0 Å². The Morgan fingerprint density at radius 3 is 2.67 bits per heavy atom. The van der Waals surface area contributed by atoms with E-state index in [1.54, 1.807) is 12.1 Å². The van der Waals surface area contributed by atoms with Crippen LogP contribution in [0, 0.1) is 25.2 Å². The predicted octanol–water partition coefficient (Wildman–Crippen LogP) is 4.73. The Morgan fingerprint density at radius 1 is 1.17 bits per heavy atom. The van der Waals surface area contributed by atoms with Crippen molar-refractivity contribution in [3.05, 3.63) is 57.6 Å². The van der Waals surface area contributed by atoms with Crippen LogP contribution in [0.4, 0.5) is 0 Å². The standard InChI is InChI=1S/C15H12BrNO/c1-10-4-3-5-15(11(10)2)18-14-7-12(9-17)6-13(16)8-14/h3-8H,1-2H3. The van der Waals surface area contributed by atoms with Gasteiger partial charge in [0.1, 0.15) is 11.5 Å². The van der Waals surface area contributed by atoms with Crippen LogP contribution in [0.25, 0.3) is 0 Å². The molecule has 0 unspecified atom stereocenters. The lowest BCUT2D eigenvalue weighted by Crippen LogP contribution is -1.90. The van der Waals surface area contributed by atoms with E-state index < -0.39 is 0 Å². The molecule has 0 radical (unpaired) electrons. The van der Waals surface area contributed by atoms with Gasteiger partial charge in [-0.15, -0.1) is 0 Å². The fraction of sp³-hybridized carbons (Fsp3) is 0.133. The zero-order valence-corrected chi connectivity index (χ0v) is 11.8. The molecule has 2 aromatic rings. The summed E-state index contributed by atoms with van der Waals surface area (Å²) < 4.78 is 6.67. The zero-order valence-electron chi connectivity index (χ0n) is 10.2. The molecule has 2 nitrogen and oxygen atoms in total. The molecule has 0 atom stereocenters. The van der Waals surface area contributed by atoms with Crippen LogP contribution in [0.5, 0.6) is 11.5 Å². The number of hydrogen-bond donors (Lipinski definition) is 0. The summed E-state index contributed by atoms with van der Waals surface area (Å²) in [5, 5.41) is 8.92. The minimum atomic E-state index is 0.574. The molecule has 0 aliphatic heterocycles. The van der Waals surface area contributed by atoms with Crippen molar-refractivity contribution in [2.24, 2.45) is 0 Å². The lowest BCUT2D eigenvalue weighted by Gasteiger charge is -2.11. The average molecular weight is 302 g/mol. The number of rotatable bonds is 2. The van der Waals surface area contributed by atoms with Crippen molar-refractivity contribution in [1.29, 1.82) is 5.26 Å². The third-order valence-corrected chi connectivity index (χ3v) is 3.24. The molecule has 0 N–H and O–H groups in total. The smallest absolute Gasteiger partial charge is 0.130 e. The molecule has 0 aromatic heterocycles. The van der Waals surface area contributed by atoms with Gasteiger partial charge in [-0.25, -0.2) is 0 Å². The van der Waals surface area contributed by atoms with Crippen LogP contribution in [0.2, 0.25) is 0 Å². The number of aryl methyl sites for hydroxylation is 1. The SMILES string of the molecule is Cc1cccc(Oc2cc(Br)cc(C#N)c2)c1C. The Balaban J connectivity index is 2.37. The first-order chi connectivity index (χ1) is 8.60. The molecule has 2 rings (SSSR count). The Labute approximate surface area is 115 Å². The van der Waals surface area contributed by atoms with Crippen molar-refractivity contribution in [2.45, 2.75) is 13.8 Å². The van der Waals surface area contributed by atoms with E-state index in [2.05, 4.69) is 22.0 Å². The van der Waals surface area contributed by atoms with E-state index in [9.17, 15) is 0 Å². The highest BCUT2D eigenvalue weighted by atomic mass is 79.9. The van der Waals surface area contributed by atoms with E-state index in [0.29, 0.717) is 11.3 Å². The lowest BCUT2D eigenvalue weighted by atomic mass is 10.1. The van der Waals surface area contributed by atoms with E-state index in [4.69, 9.17) is 10.00 Å². The molecule has 0 saturated carbocycles. The predicted molar refractivity (Wildman–Crippen MR) is 74.8 cm³/mol. The molecule has 0 fully saturated rings. The van der Waals surface area contributed by atoms with Gasteiger partial charge in [-0.2, -0.15) is 5.26 Å². The minimum Gasteiger partial charge on any atom is -0.457 e. The molecule has 0 saturated heterocycles. The van der Waals surface area contributed by atoms with Gasteiger partial charge in [-0.3, -0.25) is 0 Å². The number of nitrogens with zero attached hydrogens (tertiary/aromatic N) is 1. The maximum absolute atomic E-state index is 8.92. The molecule has 0 bridgehead atoms. The van der Waals surface area contributed by atoms with Gasteiger partial charge in [-0.05, 0) is 49.2 Å². The first kappa shape index (κ1) is 12.7. The second-order valence-electron chi connectivity index (χ2n) is 4.09. The van der Waals surface area contributed by atoms with Gasteiger partial charge < -0.3 is 4.74 Å². The van der Waals surface area contributed by atoms with Crippen LogP contribution < -0.4 is 4.74 Å². The van der Waals surface area contributed by atoms with E-state index in [-0.39, 0.29) is 0 Å². The van der Waals surface area contributed by atoms with Crippen molar-refractivity contribution < 1.29 is 4.74 Å². The molecule has 0 aliphatic rings. The van der Waals surface area contributed by atoms with E-state index >= 15 is 0 Å². The highest BCUT2D eigenvalue weighted by molar-refractivity contribution is 9.10. The highest BCUT2D eigenvalue weighted by Crippen LogP contribution is 2.29. The summed E-state index contributed by atoms with van der Waals surface area (Å²) in [5.41, 5.74) is 2.86. The third-order valence-electron chi connectivity index (χ3n) is 2.78. The molecular formula is C15H12BrNO. The summed E-state index contributed by atoms with van der Waals surface area (Å²) in [4.78, 5) is 0. The Hall–Kier alpha value is -1.79. The summed E-state index contributed by atoms with van der Waals surface area (Å²) >= 11 is 3.37. The Morgan fingerprint density at radius 2 is 1.94 bits per heavy atom. The van der Waals surface area contributed by atoms with E-state index in [1.165, 1.54) is 5.56 Å². The van der Waals surface area contributed by atoms with E-state index in [0.717, 1.165) is 15.8 Å². The first-order valence-corrected chi connectivity index (χ1v) is 6.34. The molecule has 18 heavy (non-hydrogen) atoms. The lowest BCUT2D eigenvalue weighted by molar-refractivity contribution is 0.478. The second-order valence-corrected chi connectivity index (χ2v) is 5.00. The summed E-state index contributed by atoms with van der Waals surface area (Å²) in [5.74, 6) is 1.48. The van der Waals surface area contributed by atoms with Crippen LogP contribution >= 0.6 is 15.9 Å². The van der Waals surface area contributed by atoms with Crippen molar-refractivity contribution in [2.75, 3.05) is 0 Å². The molecule has 3 heteroatoms. The molecule has 0 amide bonds. The fourth-order valence-corrected chi connectivity index (χ4v) is 2.12. The van der Waals surface area contributed by atoms with Crippen LogP contribution in [0.1, 0.15) is 16.7 Å². The van der Waals surface area contributed by atoms with Gasteiger partial charge >= 0.3 is 0 Å². The summed E-state index contributed by atoms with van der Waals surface area (Å²) in [6, 6.07) is 13.4. The molecule has 0 aliphatic carbocycles. The second kappa shape index (κ2) is 5.24. The number of hydrogen-bond acceptors (Lipinski definition) is 2. The van der Waals surface area contributed by atoms with Gasteiger partial charge in [0, 0.05) is 4.47 Å². The Kier molecular flexibility index (Phi) is 3.69. The molecule has 0 heterocycles. The van der Waals surface area contributed by atoms with E-state index in [1.807, 2.05) is 38.1 Å². The van der Waals surface area contributed by atoms with Crippen molar-refractivity contribution >= 4 is 15.9 Å². The van der Waals surface area contributed by atoms with Gasteiger partial charge in [0.2, 0.25) is 0 Å². The monoisotopic (exact) mass is 301 g/mol. The van der Waals surface area contributed by atoms with Gasteiger partial charge in [0.05, 0.1) is 11.6 Å². The van der Waals surface area contributed by atoms with Crippen LogP contribution in [-0.4, -0.2) is 0 Å². The fourth-order valence-electron chi connectivity index (χ4n) is 1.65. The number of nitriles is 1. The highest BCUT2D eigenvalue weighted by Gasteiger charge is 2.05. The summed E-state index contributed by atoms with van der Waals surface area (Å²) in [6.45, 7) is 4.07. The number of halogens is 1. The van der Waals surface area contributed by atoms with Crippen LogP contribution in [0.3, 0.4) is 0 Å². The summed E-state index contributed by atoms with van der Waals surface area (Å²) in [6.07, 6.45) is 0. The van der Waals surface area contributed by atoms with Crippen molar-refractivity contribution in [3.8, 4) is 17.6 Å². The average Bonchev–Trinajstić information content (AvgIpc) is 2.34. The summed E-state index contributed by atoms with van der Waals surface area (Å²) in [7, 11) is 0. The minimum absolute atomic E-state index is 0.574. The van der Waals surface area contributed by atoms with Gasteiger partial charge in [-0.1, -0.05) is 28.1 Å². The normalized spacial score (nSPS) is 9.89. The quantitative estimate of drug-likeness (QED) is 0.803. The van der Waals surface area contributed by atoms with Crippen LogP contribution in [0.15, 0.2) is 40.9 Å². The first-order valence-electron chi connectivity index (χ1n) is 5.55. The molecule has 90 valence electrons. The maximum Gasteiger partial charge on any atom is 0.130 e. The van der Waals surface area contributed by atoms with Gasteiger partial charge in [0.25, 0.3) is 0 Å². The number of ether oxygens (including phenoxy) is 1. The van der Waals surface area contributed by atoms with Crippen LogP contribution in [-0.2, 0) is 0 Å². The third kappa shape index (κ3) is 2.72. The van der Waals surface area contributed by atoms with Crippen molar-refractivity contribution in [3.63, 3.8) is 0 Å². The molecular weight excluding hydrogens is 290 g/mol. The van der Waals surface area contributed by atoms with Gasteiger partial charge in [0.15, 0.2) is 0 Å². The Bertz CT molecular complexity index is 629. The zero-order chi connectivity index (χ0) is 13.1. The molecule has 2 aromatic carbocycles. The number of benzene rings is 2. The maximum atomic E-state index is 8.92. The molecule has 0 spiro atoms.